The Hall–Kier alpha value is -1.29. The first-order chi connectivity index (χ1) is 12.7. The number of nitrogens with one attached hydrogen (secondary N) is 3. The summed E-state index contributed by atoms with van der Waals surface area (Å²) < 4.78 is 17.2. The average Bonchev–Trinajstić information content (AvgIpc) is 2.62. The Morgan fingerprint density at radius 2 is 1.82 bits per heavy atom. The minimum Gasteiger partial charge on any atom is -0.787 e. The number of benzene rings is 1. The van der Waals surface area contributed by atoms with E-state index in [1.165, 1.54) is 0 Å². The Morgan fingerprint density at radius 3 is 2.39 bits per heavy atom. The summed E-state index contributed by atoms with van der Waals surface area (Å²) >= 11 is 0. The van der Waals surface area contributed by atoms with Gasteiger partial charge in [-0.3, -0.25) is 9.88 Å². The molecule has 1 aromatic rings. The SMILES string of the molecule is CCCNC(=O)[C@H](CC(C)C)NP(=O)([O-])CNC(=O)OCc1ccccc1.[Li+]. The summed E-state index contributed by atoms with van der Waals surface area (Å²) in [7, 11) is -4.21. The van der Waals surface area contributed by atoms with Crippen molar-refractivity contribution < 1.29 is 42.6 Å². The molecule has 0 aromatic heterocycles. The van der Waals surface area contributed by atoms with E-state index in [0.29, 0.717) is 13.0 Å². The summed E-state index contributed by atoms with van der Waals surface area (Å²) in [6.07, 6.45) is -0.368. The topological polar surface area (TPSA) is 120 Å². The Bertz CT molecular complexity index is 645. The maximum absolute atomic E-state index is 12.2. The fourth-order valence-electron chi connectivity index (χ4n) is 2.29. The van der Waals surface area contributed by atoms with Gasteiger partial charge in [-0.1, -0.05) is 51.1 Å². The molecule has 2 atom stereocenters. The Morgan fingerprint density at radius 1 is 1.18 bits per heavy atom. The molecule has 0 radical (unpaired) electrons. The summed E-state index contributed by atoms with van der Waals surface area (Å²) in [6.45, 7) is 6.23. The van der Waals surface area contributed by atoms with Crippen molar-refractivity contribution in [3.8, 4) is 0 Å². The van der Waals surface area contributed by atoms with E-state index in [2.05, 4.69) is 15.7 Å². The summed E-state index contributed by atoms with van der Waals surface area (Å²) in [5.41, 5.74) is 0.792. The summed E-state index contributed by atoms with van der Waals surface area (Å²) in [4.78, 5) is 36.1. The predicted octanol–water partition coefficient (Wildman–Crippen LogP) is -1.04. The van der Waals surface area contributed by atoms with Crippen LogP contribution in [0, 0.1) is 5.92 Å². The van der Waals surface area contributed by atoms with Crippen molar-refractivity contribution in [3.63, 3.8) is 0 Å². The van der Waals surface area contributed by atoms with Crippen LogP contribution in [0.2, 0.25) is 0 Å². The molecule has 0 fully saturated rings. The number of ether oxygens (including phenoxy) is 1. The zero-order valence-corrected chi connectivity index (χ0v) is 18.0. The van der Waals surface area contributed by atoms with Gasteiger partial charge < -0.3 is 24.8 Å². The quantitative estimate of drug-likeness (QED) is 0.320. The van der Waals surface area contributed by atoms with Gasteiger partial charge in [-0.2, -0.15) is 0 Å². The second-order valence-electron chi connectivity index (χ2n) is 6.67. The van der Waals surface area contributed by atoms with Gasteiger partial charge in [-0.15, -0.1) is 0 Å². The minimum atomic E-state index is -4.21. The van der Waals surface area contributed by atoms with E-state index >= 15 is 0 Å². The van der Waals surface area contributed by atoms with Gasteiger partial charge in [0.1, 0.15) is 6.61 Å². The van der Waals surface area contributed by atoms with Crippen molar-refractivity contribution in [2.75, 3.05) is 12.8 Å². The number of alkyl carbamates (subject to hydrolysis) is 1. The maximum atomic E-state index is 12.2. The van der Waals surface area contributed by atoms with Crippen molar-refractivity contribution in [2.45, 2.75) is 46.3 Å². The largest absolute Gasteiger partial charge is 1.00 e. The van der Waals surface area contributed by atoms with Crippen molar-refractivity contribution in [3.05, 3.63) is 35.9 Å². The van der Waals surface area contributed by atoms with E-state index in [0.717, 1.165) is 12.0 Å². The predicted molar refractivity (Wildman–Crippen MR) is 102 cm³/mol. The van der Waals surface area contributed by atoms with Crippen LogP contribution < -0.4 is 39.5 Å². The fourth-order valence-corrected chi connectivity index (χ4v) is 3.41. The van der Waals surface area contributed by atoms with Crippen LogP contribution in [0.3, 0.4) is 0 Å². The molecule has 0 saturated carbocycles. The first-order valence-corrected chi connectivity index (χ1v) is 10.8. The van der Waals surface area contributed by atoms with Crippen LogP contribution in [-0.2, 0) is 20.7 Å². The molecule has 0 heterocycles. The number of rotatable bonds is 11. The van der Waals surface area contributed by atoms with Gasteiger partial charge in [0.2, 0.25) is 5.91 Å². The van der Waals surface area contributed by atoms with Gasteiger partial charge in [-0.25, -0.2) is 4.79 Å². The summed E-state index contributed by atoms with van der Waals surface area (Å²) in [5.74, 6) is -0.244. The molecule has 2 amide bonds. The van der Waals surface area contributed by atoms with Crippen LogP contribution in [0.5, 0.6) is 0 Å². The third-order valence-corrected chi connectivity index (χ3v) is 4.85. The van der Waals surface area contributed by atoms with Crippen LogP contribution in [0.1, 0.15) is 39.2 Å². The van der Waals surface area contributed by atoms with Gasteiger partial charge in [0.05, 0.1) is 19.8 Å². The van der Waals surface area contributed by atoms with E-state index in [1.54, 1.807) is 12.1 Å². The molecule has 0 aliphatic heterocycles. The van der Waals surface area contributed by atoms with Crippen LogP contribution >= 0.6 is 7.52 Å². The molecule has 0 saturated heterocycles. The van der Waals surface area contributed by atoms with E-state index in [-0.39, 0.29) is 37.3 Å². The molecule has 1 aromatic carbocycles. The Labute approximate surface area is 178 Å². The molecule has 8 nitrogen and oxygen atoms in total. The van der Waals surface area contributed by atoms with Crippen molar-refractivity contribution in [2.24, 2.45) is 5.92 Å². The number of amides is 2. The van der Waals surface area contributed by atoms with Crippen LogP contribution in [0.4, 0.5) is 4.79 Å². The fraction of sp³-hybridized carbons (Fsp3) is 0.556. The van der Waals surface area contributed by atoms with E-state index in [1.807, 2.05) is 39.0 Å². The molecule has 1 rings (SSSR count). The van der Waals surface area contributed by atoms with Crippen LogP contribution in [-0.4, -0.2) is 30.9 Å². The average molecular weight is 405 g/mol. The zero-order chi connectivity index (χ0) is 20.3. The molecular formula is C18H29LiN3O5P. The first-order valence-electron chi connectivity index (χ1n) is 9.03. The van der Waals surface area contributed by atoms with Gasteiger partial charge in [0.15, 0.2) is 0 Å². The molecule has 152 valence electrons. The Kier molecular flexibility index (Phi) is 13.2. The van der Waals surface area contributed by atoms with Crippen molar-refractivity contribution in [1.29, 1.82) is 0 Å². The molecule has 1 unspecified atom stereocenters. The summed E-state index contributed by atoms with van der Waals surface area (Å²) in [5, 5.41) is 7.27. The minimum absolute atomic E-state index is 0. The Balaban J connectivity index is 0.00000729. The zero-order valence-electron chi connectivity index (χ0n) is 17.1. The van der Waals surface area contributed by atoms with Gasteiger partial charge >= 0.3 is 25.0 Å². The third kappa shape index (κ3) is 11.5. The number of hydrogen-bond acceptors (Lipinski definition) is 5. The van der Waals surface area contributed by atoms with E-state index < -0.39 is 25.9 Å². The van der Waals surface area contributed by atoms with E-state index in [4.69, 9.17) is 4.74 Å². The molecule has 0 bridgehead atoms. The molecule has 3 N–H and O–H groups in total. The van der Waals surface area contributed by atoms with Crippen molar-refractivity contribution >= 4 is 19.5 Å². The van der Waals surface area contributed by atoms with Gasteiger partial charge in [-0.05, 0) is 24.3 Å². The monoisotopic (exact) mass is 405 g/mol. The maximum Gasteiger partial charge on any atom is 1.00 e. The normalized spacial score (nSPS) is 13.8. The molecule has 10 heteroatoms. The number of hydrogen-bond donors (Lipinski definition) is 3. The summed E-state index contributed by atoms with van der Waals surface area (Å²) in [6, 6.07) is 8.17. The van der Waals surface area contributed by atoms with Crippen LogP contribution in [0.25, 0.3) is 0 Å². The molecule has 0 aliphatic carbocycles. The van der Waals surface area contributed by atoms with E-state index in [9.17, 15) is 19.0 Å². The van der Waals surface area contributed by atoms with Crippen molar-refractivity contribution in [1.82, 2.24) is 15.7 Å². The first kappa shape index (κ1) is 26.7. The van der Waals surface area contributed by atoms with Crippen LogP contribution in [0.15, 0.2) is 30.3 Å². The molecule has 0 spiro atoms. The smallest absolute Gasteiger partial charge is 0.787 e. The second kappa shape index (κ2) is 13.8. The third-order valence-electron chi connectivity index (χ3n) is 3.57. The number of carbonyl (C=O) groups is 2. The van der Waals surface area contributed by atoms with Gasteiger partial charge in [0, 0.05) is 6.54 Å². The van der Waals surface area contributed by atoms with Gasteiger partial charge in [0.25, 0.3) is 0 Å². The molecule has 28 heavy (non-hydrogen) atoms. The second-order valence-corrected chi connectivity index (χ2v) is 8.59. The standard InChI is InChI=1S/C18H30N3O5P.Li/c1-4-10-19-17(22)16(11-14(2)3)21-27(24,25)13-20-18(23)26-12-15-8-6-5-7-9-15;/h5-9,14,16H,4,10-13H2,1-3H3,(H,19,22)(H,20,23)(H2,21,24,25);/q;+1/p-1/t16-;/m0./s1. The molecule has 0 aliphatic rings. The molecular weight excluding hydrogens is 376 g/mol. The number of carbonyl (C=O) groups excluding carboxylic acids is 2.